The van der Waals surface area contributed by atoms with Crippen LogP contribution in [-0.2, 0) is 0 Å². The van der Waals surface area contributed by atoms with E-state index in [1.165, 1.54) is 12.4 Å². The minimum absolute atomic E-state index is 0.251. The van der Waals surface area contributed by atoms with Gasteiger partial charge in [0.1, 0.15) is 0 Å². The summed E-state index contributed by atoms with van der Waals surface area (Å²) in [4.78, 5) is 21.5. The maximum atomic E-state index is 11.2. The molecule has 0 spiro atoms. The lowest BCUT2D eigenvalue weighted by molar-refractivity contribution is 0.0999. The van der Waals surface area contributed by atoms with Crippen LogP contribution in [-0.4, -0.2) is 15.9 Å². The number of nitrogens with zero attached hydrogens (tertiary/aromatic N) is 3. The Labute approximate surface area is 138 Å². The predicted molar refractivity (Wildman–Crippen MR) is 90.2 cm³/mol. The van der Waals surface area contributed by atoms with E-state index in [0.717, 1.165) is 11.4 Å². The normalized spacial score (nSPS) is 10.3. The van der Waals surface area contributed by atoms with E-state index in [9.17, 15) is 4.79 Å². The highest BCUT2D eigenvalue weighted by Crippen LogP contribution is 2.36. The van der Waals surface area contributed by atoms with Crippen LogP contribution < -0.4 is 10.6 Å². The van der Waals surface area contributed by atoms with Crippen molar-refractivity contribution < 1.29 is 4.79 Å². The zero-order chi connectivity index (χ0) is 16.2. The van der Waals surface area contributed by atoms with Crippen molar-refractivity contribution >= 4 is 34.8 Å². The quantitative estimate of drug-likeness (QED) is 0.794. The Hall–Kier alpha value is -2.92. The maximum Gasteiger partial charge on any atom is 0.251 e. The summed E-state index contributed by atoms with van der Waals surface area (Å²) >= 11 is 6.33. The van der Waals surface area contributed by atoms with Gasteiger partial charge in [0.25, 0.3) is 5.91 Å². The number of hydrogen-bond acceptors (Lipinski definition) is 4. The Morgan fingerprint density at radius 3 is 2.17 bits per heavy atom. The number of aromatic nitrogens is 2. The van der Waals surface area contributed by atoms with Crippen molar-refractivity contribution in [2.75, 3.05) is 4.90 Å². The first-order valence-corrected chi connectivity index (χ1v) is 7.26. The van der Waals surface area contributed by atoms with E-state index in [2.05, 4.69) is 9.97 Å². The van der Waals surface area contributed by atoms with Crippen molar-refractivity contribution in [3.05, 3.63) is 77.6 Å². The van der Waals surface area contributed by atoms with Gasteiger partial charge in [0.2, 0.25) is 5.95 Å². The minimum Gasteiger partial charge on any atom is -0.366 e. The van der Waals surface area contributed by atoms with E-state index in [1.54, 1.807) is 6.07 Å². The van der Waals surface area contributed by atoms with Gasteiger partial charge in [0, 0.05) is 18.1 Å². The molecule has 1 heterocycles. The van der Waals surface area contributed by atoms with Crippen molar-refractivity contribution in [3.63, 3.8) is 0 Å². The highest BCUT2D eigenvalue weighted by atomic mass is 35.5. The predicted octanol–water partition coefficient (Wildman–Crippen LogP) is 3.70. The number of halogens is 1. The Kier molecular flexibility index (Phi) is 4.21. The van der Waals surface area contributed by atoms with Crippen LogP contribution in [0.1, 0.15) is 10.4 Å². The van der Waals surface area contributed by atoms with E-state index in [4.69, 9.17) is 17.3 Å². The fourth-order valence-corrected chi connectivity index (χ4v) is 2.36. The first-order chi connectivity index (χ1) is 11.2. The van der Waals surface area contributed by atoms with Gasteiger partial charge in [-0.2, -0.15) is 0 Å². The molecule has 0 saturated heterocycles. The van der Waals surface area contributed by atoms with Crippen molar-refractivity contribution in [1.29, 1.82) is 0 Å². The van der Waals surface area contributed by atoms with Crippen molar-refractivity contribution in [3.8, 4) is 0 Å². The maximum absolute atomic E-state index is 11.2. The minimum atomic E-state index is -0.569. The number of nitrogens with two attached hydrogens (primary N) is 1. The van der Waals surface area contributed by atoms with Crippen LogP contribution in [0.5, 0.6) is 0 Å². The third-order valence-electron chi connectivity index (χ3n) is 3.23. The average Bonchev–Trinajstić information content (AvgIpc) is 2.58. The molecule has 0 bridgehead atoms. The molecular weight excluding hydrogens is 312 g/mol. The van der Waals surface area contributed by atoms with Crippen molar-refractivity contribution in [2.24, 2.45) is 5.73 Å². The molecule has 0 saturated carbocycles. The average molecular weight is 325 g/mol. The van der Waals surface area contributed by atoms with Crippen molar-refractivity contribution in [2.45, 2.75) is 0 Å². The van der Waals surface area contributed by atoms with E-state index >= 15 is 0 Å². The number of carbonyl (C=O) groups excluding carboxylic acids is 1. The van der Waals surface area contributed by atoms with Gasteiger partial charge in [-0.15, -0.1) is 0 Å². The van der Waals surface area contributed by atoms with Gasteiger partial charge in [-0.3, -0.25) is 9.69 Å². The molecule has 1 amide bonds. The molecule has 0 unspecified atom stereocenters. The summed E-state index contributed by atoms with van der Waals surface area (Å²) in [6, 6.07) is 17.0. The first kappa shape index (κ1) is 15.0. The fourth-order valence-electron chi connectivity index (χ4n) is 2.14. The molecule has 2 aromatic carbocycles. The lowest BCUT2D eigenvalue weighted by Crippen LogP contribution is -2.16. The summed E-state index contributed by atoms with van der Waals surface area (Å²) in [5.74, 6) is -0.171. The fraction of sp³-hybridized carbons (Fsp3) is 0. The number of rotatable bonds is 4. The van der Waals surface area contributed by atoms with Crippen LogP contribution in [0.25, 0.3) is 0 Å². The summed E-state index contributed by atoms with van der Waals surface area (Å²) in [6.45, 7) is 0. The van der Waals surface area contributed by atoms with Gasteiger partial charge in [-0.05, 0) is 24.3 Å². The molecule has 6 heteroatoms. The number of anilines is 3. The third-order valence-corrected chi connectivity index (χ3v) is 3.55. The molecule has 5 nitrogen and oxygen atoms in total. The second kappa shape index (κ2) is 6.46. The van der Waals surface area contributed by atoms with Crippen molar-refractivity contribution in [1.82, 2.24) is 9.97 Å². The van der Waals surface area contributed by atoms with Gasteiger partial charge in [-0.25, -0.2) is 9.97 Å². The second-order valence-electron chi connectivity index (χ2n) is 4.76. The smallest absolute Gasteiger partial charge is 0.251 e. The van der Waals surface area contributed by atoms with Gasteiger partial charge < -0.3 is 5.73 Å². The van der Waals surface area contributed by atoms with Crippen LogP contribution in [0.15, 0.2) is 67.0 Å². The zero-order valence-corrected chi connectivity index (χ0v) is 12.8. The van der Waals surface area contributed by atoms with E-state index in [1.807, 2.05) is 53.4 Å². The lowest BCUT2D eigenvalue weighted by Gasteiger charge is -2.23. The van der Waals surface area contributed by atoms with E-state index < -0.39 is 5.91 Å². The summed E-state index contributed by atoms with van der Waals surface area (Å²) in [5, 5.41) is 0.568. The van der Waals surface area contributed by atoms with Crippen LogP contribution in [0.4, 0.5) is 17.3 Å². The summed E-state index contributed by atoms with van der Waals surface area (Å²) in [5.41, 5.74) is 7.08. The first-order valence-electron chi connectivity index (χ1n) is 6.88. The molecule has 3 aromatic rings. The van der Waals surface area contributed by atoms with E-state index in [-0.39, 0.29) is 5.56 Å². The number of carbonyl (C=O) groups is 1. The van der Waals surface area contributed by atoms with Gasteiger partial charge in [0.05, 0.1) is 16.3 Å². The second-order valence-corrected chi connectivity index (χ2v) is 5.17. The SMILES string of the molecule is NC(=O)c1cnc(N(c2ccccc2)c2ccccc2Cl)nc1. The molecule has 1 aromatic heterocycles. The topological polar surface area (TPSA) is 72.1 Å². The van der Waals surface area contributed by atoms with Crippen LogP contribution in [0, 0.1) is 0 Å². The number of benzene rings is 2. The molecule has 3 rings (SSSR count). The highest BCUT2D eigenvalue weighted by Gasteiger charge is 2.17. The summed E-state index contributed by atoms with van der Waals surface area (Å²) in [6.07, 6.45) is 2.80. The zero-order valence-electron chi connectivity index (χ0n) is 12.1. The molecule has 0 atom stereocenters. The number of amides is 1. The highest BCUT2D eigenvalue weighted by molar-refractivity contribution is 6.33. The Bertz CT molecular complexity index is 822. The Morgan fingerprint density at radius 2 is 1.57 bits per heavy atom. The van der Waals surface area contributed by atoms with Gasteiger partial charge in [-0.1, -0.05) is 41.9 Å². The molecule has 114 valence electrons. The molecule has 0 aliphatic rings. The van der Waals surface area contributed by atoms with Crippen LogP contribution in [0.2, 0.25) is 5.02 Å². The monoisotopic (exact) mass is 324 g/mol. The van der Waals surface area contributed by atoms with E-state index in [0.29, 0.717) is 11.0 Å². The standard InChI is InChI=1S/C17H13ClN4O/c18-14-8-4-5-9-15(14)22(13-6-2-1-3-7-13)17-20-10-12(11-21-17)16(19)23/h1-11H,(H2,19,23). The molecule has 23 heavy (non-hydrogen) atoms. The Balaban J connectivity index is 2.13. The lowest BCUT2D eigenvalue weighted by atomic mass is 10.2. The third kappa shape index (κ3) is 3.14. The largest absolute Gasteiger partial charge is 0.366 e. The molecular formula is C17H13ClN4O. The number of primary amides is 1. The van der Waals surface area contributed by atoms with Gasteiger partial charge in [0.15, 0.2) is 0 Å². The van der Waals surface area contributed by atoms with Gasteiger partial charge >= 0.3 is 0 Å². The number of para-hydroxylation sites is 2. The Morgan fingerprint density at radius 1 is 0.957 bits per heavy atom. The molecule has 0 radical (unpaired) electrons. The summed E-state index contributed by atoms with van der Waals surface area (Å²) in [7, 11) is 0. The summed E-state index contributed by atoms with van der Waals surface area (Å²) < 4.78 is 0. The van der Waals surface area contributed by atoms with Crippen LogP contribution in [0.3, 0.4) is 0 Å². The van der Waals surface area contributed by atoms with Crippen LogP contribution >= 0.6 is 11.6 Å². The molecule has 0 aliphatic carbocycles. The molecule has 2 N–H and O–H groups in total. The molecule has 0 aliphatic heterocycles. The number of hydrogen-bond donors (Lipinski definition) is 1. The molecule has 0 fully saturated rings.